The van der Waals surface area contributed by atoms with Crippen molar-refractivity contribution in [3.63, 3.8) is 0 Å². The quantitative estimate of drug-likeness (QED) is 0.864. The van der Waals surface area contributed by atoms with Crippen LogP contribution in [0.4, 0.5) is 24.7 Å². The monoisotopic (exact) mass is 342 g/mol. The summed E-state index contributed by atoms with van der Waals surface area (Å²) in [6.45, 7) is -0.403. The number of rotatable bonds is 5. The van der Waals surface area contributed by atoms with Gasteiger partial charge in [0.25, 0.3) is 5.56 Å². The van der Waals surface area contributed by atoms with E-state index in [4.69, 9.17) is 5.73 Å². The molecule has 0 saturated carbocycles. The van der Waals surface area contributed by atoms with Crippen LogP contribution in [0.2, 0.25) is 0 Å². The van der Waals surface area contributed by atoms with E-state index in [0.29, 0.717) is 0 Å². The highest BCUT2D eigenvalue weighted by Gasteiger charge is 2.26. The smallest absolute Gasteiger partial charge is 0.383 e. The van der Waals surface area contributed by atoms with E-state index in [2.05, 4.69) is 5.32 Å². The van der Waals surface area contributed by atoms with Crippen LogP contribution in [0.25, 0.3) is 0 Å². The molecule has 0 aliphatic heterocycles. The Bertz CT molecular complexity index is 826. The summed E-state index contributed by atoms with van der Waals surface area (Å²) in [4.78, 5) is 24.3. The molecule has 9 heteroatoms. The van der Waals surface area contributed by atoms with Crippen LogP contribution in [0.3, 0.4) is 0 Å². The molecule has 24 heavy (non-hydrogen) atoms. The predicted octanol–water partition coefficient (Wildman–Crippen LogP) is 1.54. The molecule has 2 rings (SSSR count). The molecule has 1 aromatic carbocycles. The van der Waals surface area contributed by atoms with Crippen LogP contribution in [-0.2, 0) is 13.6 Å². The van der Waals surface area contributed by atoms with Crippen molar-refractivity contribution in [2.45, 2.75) is 19.1 Å². The van der Waals surface area contributed by atoms with Crippen molar-refractivity contribution in [2.75, 3.05) is 17.6 Å². The number of alkyl halides is 3. The number of hydrogen-bond acceptors (Lipinski definition) is 4. The average molecular weight is 342 g/mol. The summed E-state index contributed by atoms with van der Waals surface area (Å²) in [5.74, 6) is -0.186. The summed E-state index contributed by atoms with van der Waals surface area (Å²) in [6.07, 6.45) is -5.47. The minimum atomic E-state index is -4.36. The summed E-state index contributed by atoms with van der Waals surface area (Å²) in [6, 6.07) is 8.91. The zero-order chi connectivity index (χ0) is 17.9. The van der Waals surface area contributed by atoms with Gasteiger partial charge in [-0.2, -0.15) is 13.2 Å². The van der Waals surface area contributed by atoms with E-state index in [1.54, 1.807) is 30.3 Å². The maximum Gasteiger partial charge on any atom is 0.390 e. The van der Waals surface area contributed by atoms with E-state index in [9.17, 15) is 22.8 Å². The van der Waals surface area contributed by atoms with Gasteiger partial charge in [0, 0.05) is 13.6 Å². The third kappa shape index (κ3) is 3.98. The summed E-state index contributed by atoms with van der Waals surface area (Å²) < 4.78 is 38.7. The Hall–Kier alpha value is -2.71. The fourth-order valence-electron chi connectivity index (χ4n) is 2.20. The summed E-state index contributed by atoms with van der Waals surface area (Å²) in [5, 5.41) is 2.39. The molecule has 1 aromatic heterocycles. The van der Waals surface area contributed by atoms with Crippen LogP contribution in [0.1, 0.15) is 12.0 Å². The molecule has 2 aromatic rings. The van der Waals surface area contributed by atoms with E-state index >= 15 is 0 Å². The van der Waals surface area contributed by atoms with E-state index in [0.717, 1.165) is 14.7 Å². The molecule has 0 aliphatic carbocycles. The maximum absolute atomic E-state index is 12.3. The second kappa shape index (κ2) is 6.81. The number of nitrogens with zero attached hydrogens (tertiary/aromatic N) is 2. The lowest BCUT2D eigenvalue weighted by Gasteiger charge is -2.16. The number of nitrogens with one attached hydrogen (secondary N) is 1. The first kappa shape index (κ1) is 17.6. The van der Waals surface area contributed by atoms with Gasteiger partial charge in [-0.25, -0.2) is 4.79 Å². The van der Waals surface area contributed by atoms with E-state index in [1.165, 1.54) is 7.05 Å². The van der Waals surface area contributed by atoms with Gasteiger partial charge in [-0.15, -0.1) is 0 Å². The van der Waals surface area contributed by atoms with Gasteiger partial charge in [0.05, 0.1) is 13.0 Å². The Morgan fingerprint density at radius 2 is 1.79 bits per heavy atom. The van der Waals surface area contributed by atoms with Crippen LogP contribution < -0.4 is 22.3 Å². The molecule has 130 valence electrons. The van der Waals surface area contributed by atoms with Crippen molar-refractivity contribution in [3.8, 4) is 0 Å². The van der Waals surface area contributed by atoms with Crippen molar-refractivity contribution in [1.82, 2.24) is 9.13 Å². The molecule has 0 bridgehead atoms. The van der Waals surface area contributed by atoms with Crippen molar-refractivity contribution in [1.29, 1.82) is 0 Å². The van der Waals surface area contributed by atoms with E-state index in [-0.39, 0.29) is 18.1 Å². The number of nitrogen functional groups attached to an aromatic ring is 1. The zero-order valence-electron chi connectivity index (χ0n) is 12.9. The van der Waals surface area contributed by atoms with Gasteiger partial charge < -0.3 is 11.1 Å². The van der Waals surface area contributed by atoms with Gasteiger partial charge >= 0.3 is 11.9 Å². The Morgan fingerprint density at radius 1 is 1.17 bits per heavy atom. The molecule has 0 amide bonds. The van der Waals surface area contributed by atoms with Gasteiger partial charge in [0.15, 0.2) is 0 Å². The van der Waals surface area contributed by atoms with Crippen molar-refractivity contribution in [3.05, 3.63) is 56.7 Å². The molecule has 0 saturated heterocycles. The number of halogens is 3. The molecule has 0 atom stereocenters. The first-order chi connectivity index (χ1) is 11.2. The largest absolute Gasteiger partial charge is 0.390 e. The third-order valence-corrected chi connectivity index (χ3v) is 3.48. The van der Waals surface area contributed by atoms with Crippen molar-refractivity contribution >= 4 is 11.5 Å². The molecule has 0 radical (unpaired) electrons. The fraction of sp³-hybridized carbons (Fsp3) is 0.333. The molecule has 6 nitrogen and oxygen atoms in total. The zero-order valence-corrected chi connectivity index (χ0v) is 12.9. The standard InChI is InChI=1S/C15H17F3N4O2/c1-21-13(23)11(20-8-7-15(16,17)18)12(19)22(14(21)24)9-10-5-3-2-4-6-10/h2-6,20H,7-9,19H2,1H3. The van der Waals surface area contributed by atoms with Crippen LogP contribution in [0.15, 0.2) is 39.9 Å². The minimum Gasteiger partial charge on any atom is -0.383 e. The second-order valence-electron chi connectivity index (χ2n) is 5.27. The summed E-state index contributed by atoms with van der Waals surface area (Å²) in [5.41, 5.74) is 5.02. The SMILES string of the molecule is Cn1c(=O)c(NCCC(F)(F)F)c(N)n(Cc2ccccc2)c1=O. The number of nitrogens with two attached hydrogens (primary N) is 1. The molecule has 0 fully saturated rings. The van der Waals surface area contributed by atoms with Crippen LogP contribution in [0, 0.1) is 0 Å². The van der Waals surface area contributed by atoms with Crippen LogP contribution in [-0.4, -0.2) is 21.9 Å². The number of benzene rings is 1. The number of hydrogen-bond donors (Lipinski definition) is 2. The Kier molecular flexibility index (Phi) is 5.01. The normalized spacial score (nSPS) is 11.5. The second-order valence-corrected chi connectivity index (χ2v) is 5.27. The lowest BCUT2D eigenvalue weighted by Crippen LogP contribution is -2.41. The molecular formula is C15H17F3N4O2. The predicted molar refractivity (Wildman–Crippen MR) is 85.1 cm³/mol. The van der Waals surface area contributed by atoms with E-state index in [1.807, 2.05) is 0 Å². The molecule has 0 aliphatic rings. The Morgan fingerprint density at radius 3 is 2.38 bits per heavy atom. The molecule has 3 N–H and O–H groups in total. The highest BCUT2D eigenvalue weighted by Crippen LogP contribution is 2.20. The summed E-state index contributed by atoms with van der Waals surface area (Å²) >= 11 is 0. The number of anilines is 2. The molecule has 0 spiro atoms. The lowest BCUT2D eigenvalue weighted by atomic mass is 10.2. The number of aromatic nitrogens is 2. The van der Waals surface area contributed by atoms with Gasteiger partial charge in [-0.1, -0.05) is 30.3 Å². The lowest BCUT2D eigenvalue weighted by molar-refractivity contribution is -0.131. The van der Waals surface area contributed by atoms with Crippen LogP contribution >= 0.6 is 0 Å². The third-order valence-electron chi connectivity index (χ3n) is 3.48. The highest BCUT2D eigenvalue weighted by atomic mass is 19.4. The topological polar surface area (TPSA) is 82.0 Å². The first-order valence-corrected chi connectivity index (χ1v) is 7.14. The highest BCUT2D eigenvalue weighted by molar-refractivity contribution is 5.60. The van der Waals surface area contributed by atoms with Gasteiger partial charge in [-0.3, -0.25) is 13.9 Å². The average Bonchev–Trinajstić information content (AvgIpc) is 2.53. The fourth-order valence-corrected chi connectivity index (χ4v) is 2.20. The first-order valence-electron chi connectivity index (χ1n) is 7.14. The van der Waals surface area contributed by atoms with Gasteiger partial charge in [-0.05, 0) is 5.56 Å². The Balaban J connectivity index is 2.38. The maximum atomic E-state index is 12.3. The van der Waals surface area contributed by atoms with Gasteiger partial charge in [0.2, 0.25) is 0 Å². The molecule has 1 heterocycles. The van der Waals surface area contributed by atoms with Gasteiger partial charge in [0.1, 0.15) is 11.5 Å². The Labute approximate surface area is 135 Å². The van der Waals surface area contributed by atoms with Crippen molar-refractivity contribution < 1.29 is 13.2 Å². The minimum absolute atomic E-state index is 0.105. The van der Waals surface area contributed by atoms with Crippen LogP contribution in [0.5, 0.6) is 0 Å². The molecule has 0 unspecified atom stereocenters. The van der Waals surface area contributed by atoms with Crippen molar-refractivity contribution in [2.24, 2.45) is 7.05 Å². The summed E-state index contributed by atoms with van der Waals surface area (Å²) in [7, 11) is 1.25. The molecular weight excluding hydrogens is 325 g/mol. The van der Waals surface area contributed by atoms with E-state index < -0.39 is 30.4 Å².